The van der Waals surface area contributed by atoms with Crippen LogP contribution in [-0.2, 0) is 51.4 Å². The maximum atomic E-state index is 6.69. The molecule has 16 rings (SSSR count). The van der Waals surface area contributed by atoms with Gasteiger partial charge in [0.1, 0.15) is 11.5 Å². The van der Waals surface area contributed by atoms with Crippen LogP contribution >= 0.6 is 0 Å². The third-order valence-corrected chi connectivity index (χ3v) is 17.7. The largest absolute Gasteiger partial charge is 0.307 e. The summed E-state index contributed by atoms with van der Waals surface area (Å²) in [7, 11) is 0. The predicted molar refractivity (Wildman–Crippen MR) is 347 cm³/mol. The number of benzene rings is 10. The van der Waals surface area contributed by atoms with Crippen LogP contribution in [0.25, 0.3) is 33.6 Å². The van der Waals surface area contributed by atoms with Crippen LogP contribution in [0.3, 0.4) is 0 Å². The molecule has 84 heavy (non-hydrogen) atoms. The molecule has 0 atom stereocenters. The van der Waals surface area contributed by atoms with Crippen LogP contribution in [0.15, 0.2) is 267 Å². The Morgan fingerprint density at radius 2 is 0.464 bits per heavy atom. The molecule has 6 nitrogen and oxygen atoms in total. The van der Waals surface area contributed by atoms with Crippen LogP contribution in [0.4, 0.5) is 68.5 Å². The van der Waals surface area contributed by atoms with Crippen molar-refractivity contribution in [1.29, 1.82) is 0 Å². The number of aromatic nitrogens is 2. The van der Waals surface area contributed by atoms with Crippen molar-refractivity contribution in [2.75, 3.05) is 19.6 Å². The predicted octanol–water partition coefficient (Wildman–Crippen LogP) is 19.8. The number of fused-ring (bicyclic) bond motifs is 8. The Morgan fingerprint density at radius 1 is 0.214 bits per heavy atom. The highest BCUT2D eigenvalue weighted by molar-refractivity contribution is 6.11. The number of aryl methyl sites for hydroxylation is 8. The molecule has 6 heterocycles. The molecular weight excluding hydrogens is 1020 g/mol. The van der Waals surface area contributed by atoms with Gasteiger partial charge in [-0.25, -0.2) is 9.97 Å². The summed E-state index contributed by atoms with van der Waals surface area (Å²) in [6, 6.07) is 99.0. The molecule has 4 aliphatic rings. The molecule has 6 heteroatoms. The quantitative estimate of drug-likeness (QED) is 0.158. The van der Waals surface area contributed by atoms with Crippen molar-refractivity contribution >= 4 is 68.5 Å². The van der Waals surface area contributed by atoms with Crippen LogP contribution in [0.2, 0.25) is 0 Å². The maximum Gasteiger partial charge on any atom is 0.166 e. The Bertz CT molecular complexity index is 4240. The van der Waals surface area contributed by atoms with E-state index >= 15 is 0 Å². The molecular formula is C78H60N6. The minimum absolute atomic E-state index is 0.824. The summed E-state index contributed by atoms with van der Waals surface area (Å²) in [6.45, 7) is 0. The van der Waals surface area contributed by atoms with Crippen molar-refractivity contribution in [2.45, 2.75) is 51.4 Å². The summed E-state index contributed by atoms with van der Waals surface area (Å²) in [6.07, 6.45) is 7.03. The summed E-state index contributed by atoms with van der Waals surface area (Å²) in [5.41, 5.74) is 27.0. The molecule has 402 valence electrons. The van der Waals surface area contributed by atoms with Crippen LogP contribution in [0.5, 0.6) is 0 Å². The van der Waals surface area contributed by atoms with Gasteiger partial charge in [-0.3, -0.25) is 9.80 Å². The highest BCUT2D eigenvalue weighted by Crippen LogP contribution is 2.62. The first-order valence-corrected chi connectivity index (χ1v) is 29.8. The monoisotopic (exact) mass is 1080 g/mol. The summed E-state index contributed by atoms with van der Waals surface area (Å²) in [4.78, 5) is 22.7. The normalized spacial score (nSPS) is 14.0. The lowest BCUT2D eigenvalue weighted by Gasteiger charge is -2.41. The molecule has 0 saturated carbocycles. The molecule has 0 aliphatic carbocycles. The van der Waals surface area contributed by atoms with E-state index in [4.69, 9.17) is 9.97 Å². The van der Waals surface area contributed by atoms with Gasteiger partial charge in [0, 0.05) is 33.9 Å². The number of nitrogens with zero attached hydrogens (tertiary/aromatic N) is 6. The summed E-state index contributed by atoms with van der Waals surface area (Å²) < 4.78 is 0. The highest BCUT2D eigenvalue weighted by atomic mass is 15.3. The van der Waals surface area contributed by atoms with E-state index < -0.39 is 0 Å². The number of hydrogen-bond acceptors (Lipinski definition) is 6. The zero-order chi connectivity index (χ0) is 55.5. The van der Waals surface area contributed by atoms with Crippen LogP contribution in [0.1, 0.15) is 44.5 Å². The van der Waals surface area contributed by atoms with E-state index in [1.165, 1.54) is 44.5 Å². The number of pyridine rings is 2. The molecule has 4 aliphatic heterocycles. The van der Waals surface area contributed by atoms with Crippen molar-refractivity contribution in [2.24, 2.45) is 0 Å². The first-order chi connectivity index (χ1) is 41.7. The van der Waals surface area contributed by atoms with Gasteiger partial charge in [-0.2, -0.15) is 0 Å². The molecule has 2 aromatic heterocycles. The average Bonchev–Trinajstić information content (AvgIpc) is 3.38. The van der Waals surface area contributed by atoms with Gasteiger partial charge < -0.3 is 9.80 Å². The number of anilines is 12. The lowest BCUT2D eigenvalue weighted by Crippen LogP contribution is -2.26. The molecule has 0 radical (unpaired) electrons. The lowest BCUT2D eigenvalue weighted by molar-refractivity contribution is 0.977. The van der Waals surface area contributed by atoms with Crippen molar-refractivity contribution in [3.8, 4) is 33.6 Å². The van der Waals surface area contributed by atoms with Gasteiger partial charge in [0.25, 0.3) is 0 Å². The SMILES string of the molecule is c1ccc(-c2cc(-c3c(N4c5ccccc5CCc5ccccc54)nc(N4c5ccccc5CCc5ccccc54)c(N4c5ccccc5CCc5ccccc54)c3N3c4ccccc4CCc4ccccc43)cc(-c3ccccc3)n2)cc1. The van der Waals surface area contributed by atoms with Gasteiger partial charge in [-0.1, -0.05) is 206 Å². The fourth-order valence-corrected chi connectivity index (χ4v) is 13.8. The van der Waals surface area contributed by atoms with E-state index in [2.05, 4.69) is 287 Å². The first-order valence-electron chi connectivity index (χ1n) is 29.8. The molecule has 0 bridgehead atoms. The van der Waals surface area contributed by atoms with Gasteiger partial charge in [-0.05, 0) is 162 Å². The zero-order valence-corrected chi connectivity index (χ0v) is 46.7. The molecule has 0 amide bonds. The molecule has 0 fully saturated rings. The number of hydrogen-bond donors (Lipinski definition) is 0. The second-order valence-electron chi connectivity index (χ2n) is 22.6. The Balaban J connectivity index is 1.20. The summed E-state index contributed by atoms with van der Waals surface area (Å²) >= 11 is 0. The van der Waals surface area contributed by atoms with E-state index in [9.17, 15) is 0 Å². The minimum atomic E-state index is 0.824. The fraction of sp³-hybridized carbons (Fsp3) is 0.103. The standard InChI is InChI=1S/C78H60N6/c1-3-23-53(24-4-1)64-51-63(52-65(79-64)54-25-5-2-6-26-54)74-75(81-66-35-15-7-27-55(66)43-44-56-28-8-16-36-67(56)81)76(82-68-37-17-9-29-57(68)45-46-58-30-10-18-38-69(58)82)78(84-72-41-21-13-33-61(72)49-50-62-34-14-22-42-73(62)84)80-77(74)83-70-39-19-11-31-59(70)47-48-60-32-12-20-40-71(60)83/h1-42,51-52H,43-50H2. The van der Waals surface area contributed by atoms with Gasteiger partial charge in [0.15, 0.2) is 5.82 Å². The lowest BCUT2D eigenvalue weighted by atomic mass is 9.94. The Labute approximate surface area is 491 Å². The van der Waals surface area contributed by atoms with Gasteiger partial charge in [0.05, 0.1) is 45.4 Å². The topological polar surface area (TPSA) is 38.7 Å². The molecule has 0 spiro atoms. The van der Waals surface area contributed by atoms with E-state index in [0.29, 0.717) is 0 Å². The third kappa shape index (κ3) is 8.47. The van der Waals surface area contributed by atoms with E-state index in [-0.39, 0.29) is 0 Å². The van der Waals surface area contributed by atoms with Gasteiger partial charge in [0.2, 0.25) is 0 Å². The molecule has 0 unspecified atom stereocenters. The second kappa shape index (κ2) is 20.9. The third-order valence-electron chi connectivity index (χ3n) is 17.7. The van der Waals surface area contributed by atoms with E-state index in [1.807, 2.05) is 0 Å². The second-order valence-corrected chi connectivity index (χ2v) is 22.6. The minimum Gasteiger partial charge on any atom is -0.307 e. The molecule has 0 saturated heterocycles. The van der Waals surface area contributed by atoms with Crippen molar-refractivity contribution in [3.63, 3.8) is 0 Å². The Kier molecular flexibility index (Phi) is 12.3. The number of para-hydroxylation sites is 8. The van der Waals surface area contributed by atoms with E-state index in [0.717, 1.165) is 154 Å². The van der Waals surface area contributed by atoms with E-state index in [1.54, 1.807) is 0 Å². The van der Waals surface area contributed by atoms with Crippen LogP contribution in [-0.4, -0.2) is 9.97 Å². The Morgan fingerprint density at radius 3 is 0.774 bits per heavy atom. The summed E-state index contributed by atoms with van der Waals surface area (Å²) in [5.74, 6) is 1.65. The van der Waals surface area contributed by atoms with Crippen LogP contribution in [0, 0.1) is 0 Å². The number of rotatable bonds is 7. The average molecular weight is 1080 g/mol. The molecule has 0 N–H and O–H groups in total. The van der Waals surface area contributed by atoms with Gasteiger partial charge >= 0.3 is 0 Å². The van der Waals surface area contributed by atoms with Crippen molar-refractivity contribution in [3.05, 3.63) is 311 Å². The van der Waals surface area contributed by atoms with Crippen molar-refractivity contribution in [1.82, 2.24) is 9.97 Å². The first kappa shape index (κ1) is 49.5. The molecule has 12 aromatic rings. The molecule has 10 aromatic carbocycles. The van der Waals surface area contributed by atoms with Gasteiger partial charge in [-0.15, -0.1) is 0 Å². The Hall–Kier alpha value is -10.3. The zero-order valence-electron chi connectivity index (χ0n) is 46.7. The fourth-order valence-electron chi connectivity index (χ4n) is 13.8. The highest BCUT2D eigenvalue weighted by Gasteiger charge is 2.41. The maximum absolute atomic E-state index is 6.69. The summed E-state index contributed by atoms with van der Waals surface area (Å²) in [5, 5.41) is 0. The smallest absolute Gasteiger partial charge is 0.166 e. The van der Waals surface area contributed by atoms with Crippen LogP contribution < -0.4 is 19.6 Å². The van der Waals surface area contributed by atoms with Crippen molar-refractivity contribution < 1.29 is 0 Å².